The third kappa shape index (κ3) is 6.64. The maximum atomic E-state index is 6.16. The lowest BCUT2D eigenvalue weighted by atomic mass is 10.1. The summed E-state index contributed by atoms with van der Waals surface area (Å²) < 4.78 is 11.4. The largest absolute Gasteiger partial charge is 0.495 e. The summed E-state index contributed by atoms with van der Waals surface area (Å²) in [5.74, 6) is 1.97. The molecule has 0 radical (unpaired) electrons. The summed E-state index contributed by atoms with van der Waals surface area (Å²) in [5, 5.41) is 14.4. The molecule has 4 aromatic rings. The maximum Gasteiger partial charge on any atom is 0.215 e. The summed E-state index contributed by atoms with van der Waals surface area (Å²) in [6, 6.07) is 8.94. The summed E-state index contributed by atoms with van der Waals surface area (Å²) >= 11 is 1.66. The molecule has 0 bridgehead atoms. The fraction of sp³-hybridized carbons (Fsp3) is 0.444. The van der Waals surface area contributed by atoms with Crippen LogP contribution in [0.3, 0.4) is 0 Å². The number of hydrogen-bond acceptors (Lipinski definition) is 10. The molecule has 1 fully saturated rings. The van der Waals surface area contributed by atoms with Gasteiger partial charge in [0.1, 0.15) is 23.3 Å². The molecule has 9 nitrogen and oxygen atoms in total. The molecule has 0 aromatic carbocycles. The van der Waals surface area contributed by atoms with E-state index < -0.39 is 8.07 Å². The van der Waals surface area contributed by atoms with Gasteiger partial charge < -0.3 is 14.8 Å². The molecule has 4 heterocycles. The first-order valence-electron chi connectivity index (χ1n) is 13.1. The van der Waals surface area contributed by atoms with Crippen LogP contribution < -0.4 is 15.0 Å². The highest BCUT2D eigenvalue weighted by atomic mass is 32.1. The van der Waals surface area contributed by atoms with E-state index in [-0.39, 0.29) is 0 Å². The van der Waals surface area contributed by atoms with Gasteiger partial charge in [0.05, 0.1) is 48.1 Å². The third-order valence-corrected chi connectivity index (χ3v) is 9.43. The van der Waals surface area contributed by atoms with Gasteiger partial charge in [0.2, 0.25) is 5.13 Å². The van der Waals surface area contributed by atoms with Crippen LogP contribution in [0.1, 0.15) is 36.6 Å². The Hall–Kier alpha value is -3.15. The molecule has 0 aliphatic heterocycles. The van der Waals surface area contributed by atoms with Crippen LogP contribution in [0.4, 0.5) is 22.3 Å². The lowest BCUT2D eigenvalue weighted by molar-refractivity contribution is 0.153. The number of nitrogens with zero attached hydrogens (tertiary/aromatic N) is 6. The van der Waals surface area contributed by atoms with E-state index in [0.29, 0.717) is 18.4 Å². The Bertz CT molecular complexity index is 1370. The van der Waals surface area contributed by atoms with Crippen LogP contribution in [-0.2, 0) is 4.74 Å². The van der Waals surface area contributed by atoms with E-state index >= 15 is 0 Å². The first-order chi connectivity index (χ1) is 18.4. The molecule has 0 amide bonds. The van der Waals surface area contributed by atoms with Gasteiger partial charge in [-0.05, 0) is 37.1 Å². The van der Waals surface area contributed by atoms with Crippen LogP contribution in [0, 0.1) is 0 Å². The summed E-state index contributed by atoms with van der Waals surface area (Å²) in [7, 11) is 0.430. The number of nitrogens with one attached hydrogen (secondary N) is 1. The number of rotatable bonds is 11. The zero-order valence-corrected chi connectivity index (χ0v) is 24.3. The van der Waals surface area contributed by atoms with Crippen LogP contribution in [-0.4, -0.2) is 53.7 Å². The van der Waals surface area contributed by atoms with Gasteiger partial charge in [0.15, 0.2) is 0 Å². The summed E-state index contributed by atoms with van der Waals surface area (Å²) in [6.07, 6.45) is 10.1. The second kappa shape index (κ2) is 11.7. The topological polar surface area (TPSA) is 98.2 Å². The maximum absolute atomic E-state index is 6.16. The molecule has 0 spiro atoms. The van der Waals surface area contributed by atoms with Crippen molar-refractivity contribution >= 4 is 52.8 Å². The molecule has 38 heavy (non-hydrogen) atoms. The molecule has 200 valence electrons. The molecule has 11 heteroatoms. The van der Waals surface area contributed by atoms with Crippen LogP contribution in [0.15, 0.2) is 42.9 Å². The van der Waals surface area contributed by atoms with E-state index in [1.54, 1.807) is 37.0 Å². The zero-order valence-electron chi connectivity index (χ0n) is 22.5. The van der Waals surface area contributed by atoms with Gasteiger partial charge in [0, 0.05) is 26.7 Å². The Kier molecular flexibility index (Phi) is 8.15. The lowest BCUT2D eigenvalue weighted by Crippen LogP contribution is -2.26. The Balaban J connectivity index is 1.41. The van der Waals surface area contributed by atoms with Crippen LogP contribution in [0.5, 0.6) is 5.75 Å². The second-order valence-corrected chi connectivity index (χ2v) is 17.5. The van der Waals surface area contributed by atoms with Crippen molar-refractivity contribution in [3.05, 3.63) is 47.9 Å². The fourth-order valence-electron chi connectivity index (χ4n) is 4.41. The van der Waals surface area contributed by atoms with Crippen molar-refractivity contribution in [1.82, 2.24) is 25.1 Å². The predicted octanol–water partition coefficient (Wildman–Crippen LogP) is 6.74. The first-order valence-corrected chi connectivity index (χ1v) is 17.6. The zero-order chi connectivity index (χ0) is 26.5. The average molecular weight is 550 g/mol. The lowest BCUT2D eigenvalue weighted by Gasteiger charge is -2.22. The van der Waals surface area contributed by atoms with Gasteiger partial charge in [-0.1, -0.05) is 43.8 Å². The highest BCUT2D eigenvalue weighted by Gasteiger charge is 2.24. The number of methoxy groups -OCH3 is 1. The van der Waals surface area contributed by atoms with E-state index in [4.69, 9.17) is 14.5 Å². The summed E-state index contributed by atoms with van der Waals surface area (Å²) in [6.45, 7) is 8.18. The van der Waals surface area contributed by atoms with Gasteiger partial charge in [-0.2, -0.15) is 0 Å². The van der Waals surface area contributed by atoms with E-state index in [1.165, 1.54) is 25.7 Å². The van der Waals surface area contributed by atoms with Gasteiger partial charge >= 0.3 is 0 Å². The number of hydrogen-bond donors (Lipinski definition) is 1. The minimum atomic E-state index is -1.19. The number of ether oxygens (including phenoxy) is 2. The van der Waals surface area contributed by atoms with Crippen LogP contribution in [0.25, 0.3) is 11.0 Å². The molecule has 1 aliphatic rings. The average Bonchev–Trinajstić information content (AvgIpc) is 3.60. The van der Waals surface area contributed by atoms with E-state index in [1.807, 2.05) is 29.2 Å². The highest BCUT2D eigenvalue weighted by molar-refractivity contribution is 7.15. The van der Waals surface area contributed by atoms with Crippen molar-refractivity contribution < 1.29 is 9.47 Å². The molecule has 0 atom stereocenters. The van der Waals surface area contributed by atoms with E-state index in [2.05, 4.69) is 45.1 Å². The van der Waals surface area contributed by atoms with Gasteiger partial charge in [-0.3, -0.25) is 14.9 Å². The molecule has 0 unspecified atom stereocenters. The number of aromatic nitrogens is 5. The molecule has 5 rings (SSSR count). The van der Waals surface area contributed by atoms with Crippen molar-refractivity contribution in [2.24, 2.45) is 0 Å². The highest BCUT2D eigenvalue weighted by Crippen LogP contribution is 2.38. The van der Waals surface area contributed by atoms with E-state index in [0.717, 1.165) is 51.0 Å². The standard InChI is InChI=1S/C27H35N7O2SSi/c1-35-22-13-20(15-28-17-22)30-21-14-24-23(29-16-21)9-10-25(31-24)34(18-36-11-12-38(2,3)4)27-33-32-26(37-27)19-7-5-6-8-19/h9-10,13-17,19,30H,5-8,11-12,18H2,1-4H3. The van der Waals surface area contributed by atoms with Gasteiger partial charge in [-0.25, -0.2) is 4.98 Å². The van der Waals surface area contributed by atoms with Crippen molar-refractivity contribution in [3.63, 3.8) is 0 Å². The molecule has 1 N–H and O–H groups in total. The van der Waals surface area contributed by atoms with Gasteiger partial charge in [0.25, 0.3) is 0 Å². The van der Waals surface area contributed by atoms with Crippen molar-refractivity contribution in [3.8, 4) is 5.75 Å². The first kappa shape index (κ1) is 26.5. The molecular formula is C27H35N7O2SSi. The molecular weight excluding hydrogens is 514 g/mol. The van der Waals surface area contributed by atoms with Crippen molar-refractivity contribution in [2.45, 2.75) is 57.3 Å². The summed E-state index contributed by atoms with van der Waals surface area (Å²) in [5.41, 5.74) is 3.21. The molecule has 1 saturated carbocycles. The smallest absolute Gasteiger partial charge is 0.215 e. The Morgan fingerprint density at radius 2 is 1.84 bits per heavy atom. The Morgan fingerprint density at radius 1 is 1.03 bits per heavy atom. The Morgan fingerprint density at radius 3 is 2.63 bits per heavy atom. The molecule has 4 aromatic heterocycles. The second-order valence-electron chi connectivity index (χ2n) is 10.9. The SMILES string of the molecule is COc1cncc(Nc2cnc3ccc(N(COCC[Si](C)(C)C)c4nnc(C5CCCC5)s4)nc3c2)c1. The minimum absolute atomic E-state index is 0.378. The van der Waals surface area contributed by atoms with Crippen molar-refractivity contribution in [2.75, 3.05) is 30.7 Å². The van der Waals surface area contributed by atoms with Crippen molar-refractivity contribution in [1.29, 1.82) is 0 Å². The molecule has 0 saturated heterocycles. The quantitative estimate of drug-likeness (QED) is 0.124. The number of pyridine rings is 3. The third-order valence-electron chi connectivity index (χ3n) is 6.62. The minimum Gasteiger partial charge on any atom is -0.495 e. The number of anilines is 4. The monoisotopic (exact) mass is 549 g/mol. The Labute approximate surface area is 228 Å². The predicted molar refractivity (Wildman–Crippen MR) is 156 cm³/mol. The van der Waals surface area contributed by atoms with E-state index in [9.17, 15) is 0 Å². The van der Waals surface area contributed by atoms with Crippen LogP contribution in [0.2, 0.25) is 25.7 Å². The normalized spacial score (nSPS) is 14.2. The van der Waals surface area contributed by atoms with Crippen LogP contribution >= 0.6 is 11.3 Å². The fourth-order valence-corrected chi connectivity index (χ4v) is 6.17. The summed E-state index contributed by atoms with van der Waals surface area (Å²) in [4.78, 5) is 15.8. The number of fused-ring (bicyclic) bond motifs is 1. The van der Waals surface area contributed by atoms with Gasteiger partial charge in [-0.15, -0.1) is 10.2 Å². The molecule has 1 aliphatic carbocycles.